The van der Waals surface area contributed by atoms with Crippen LogP contribution in [-0.4, -0.2) is 28.1 Å². The molecule has 0 aliphatic heterocycles. The van der Waals surface area contributed by atoms with Gasteiger partial charge in [-0.2, -0.15) is 5.10 Å². The zero-order chi connectivity index (χ0) is 24.2. The van der Waals surface area contributed by atoms with Gasteiger partial charge in [0.25, 0.3) is 5.91 Å². The number of aryl methyl sites for hydroxylation is 1. The molecule has 0 unspecified atom stereocenters. The maximum absolute atomic E-state index is 14.0. The molecule has 176 valence electrons. The second-order valence-corrected chi connectivity index (χ2v) is 8.48. The van der Waals surface area contributed by atoms with Crippen LogP contribution in [-0.2, 0) is 11.2 Å². The average molecular weight is 470 g/mol. The Morgan fingerprint density at radius 3 is 2.71 bits per heavy atom. The first-order chi connectivity index (χ1) is 17.1. The smallest absolute Gasteiger partial charge is 0.258 e. The van der Waals surface area contributed by atoms with Crippen LogP contribution in [0.5, 0.6) is 5.75 Å². The van der Waals surface area contributed by atoms with Crippen molar-refractivity contribution in [1.82, 2.24) is 15.1 Å². The maximum Gasteiger partial charge on any atom is 0.258 e. The molecule has 4 aromatic rings. The molecule has 0 fully saturated rings. The standard InChI is InChI=1S/C28H24FN3O3/c29-21-13-14-26(35-18-27(33)31-25-12-6-8-19-7-4-5-11-23(19)25)24(15-21)28(34)20-16-30-32(17-20)22-9-2-1-3-10-22/h1-5,7,9-11,13-17,25H,6,8,12,18H2,(H,31,33)/t25-/m1/s1. The maximum atomic E-state index is 14.0. The van der Waals surface area contributed by atoms with Crippen molar-refractivity contribution in [2.75, 3.05) is 6.61 Å². The summed E-state index contributed by atoms with van der Waals surface area (Å²) in [6, 6.07) is 21.1. The van der Waals surface area contributed by atoms with Crippen LogP contribution in [0.15, 0.2) is 85.2 Å². The molecule has 1 atom stereocenters. The van der Waals surface area contributed by atoms with Crippen LogP contribution in [0.25, 0.3) is 5.69 Å². The highest BCUT2D eigenvalue weighted by molar-refractivity contribution is 6.10. The predicted octanol–water partition coefficient (Wildman–Crippen LogP) is 4.82. The molecular weight excluding hydrogens is 445 g/mol. The number of carbonyl (C=O) groups is 2. The SMILES string of the molecule is O=C(COc1ccc(F)cc1C(=O)c1cnn(-c2ccccc2)c1)N[C@@H]1CCCc2ccccc21. The summed E-state index contributed by atoms with van der Waals surface area (Å²) >= 11 is 0. The van der Waals surface area contributed by atoms with E-state index in [4.69, 9.17) is 4.74 Å². The normalized spacial score (nSPS) is 14.7. The van der Waals surface area contributed by atoms with Crippen LogP contribution in [0.1, 0.15) is 45.9 Å². The first-order valence-corrected chi connectivity index (χ1v) is 11.5. The number of hydrogen-bond acceptors (Lipinski definition) is 4. The second-order valence-electron chi connectivity index (χ2n) is 8.48. The Morgan fingerprint density at radius 1 is 1.06 bits per heavy atom. The minimum Gasteiger partial charge on any atom is -0.483 e. The Bertz CT molecular complexity index is 1370. The van der Waals surface area contributed by atoms with Gasteiger partial charge in [-0.3, -0.25) is 9.59 Å². The first kappa shape index (κ1) is 22.5. The molecule has 0 spiro atoms. The number of carbonyl (C=O) groups excluding carboxylic acids is 2. The van der Waals surface area contributed by atoms with Crippen LogP contribution >= 0.6 is 0 Å². The van der Waals surface area contributed by atoms with Gasteiger partial charge in [-0.1, -0.05) is 42.5 Å². The van der Waals surface area contributed by atoms with Gasteiger partial charge in [-0.25, -0.2) is 9.07 Å². The van der Waals surface area contributed by atoms with E-state index in [0.29, 0.717) is 0 Å². The van der Waals surface area contributed by atoms with Crippen molar-refractivity contribution in [1.29, 1.82) is 0 Å². The third-order valence-electron chi connectivity index (χ3n) is 6.12. The summed E-state index contributed by atoms with van der Waals surface area (Å²) in [5, 5.41) is 7.26. The van der Waals surface area contributed by atoms with E-state index < -0.39 is 11.6 Å². The number of nitrogens with zero attached hydrogens (tertiary/aromatic N) is 2. The van der Waals surface area contributed by atoms with Gasteiger partial charge >= 0.3 is 0 Å². The molecule has 35 heavy (non-hydrogen) atoms. The van der Waals surface area contributed by atoms with Gasteiger partial charge in [-0.05, 0) is 60.7 Å². The molecule has 0 radical (unpaired) electrons. The van der Waals surface area contributed by atoms with Gasteiger partial charge < -0.3 is 10.1 Å². The molecule has 1 aromatic heterocycles. The van der Waals surface area contributed by atoms with Crippen LogP contribution in [0.4, 0.5) is 4.39 Å². The molecule has 1 N–H and O–H groups in total. The van der Waals surface area contributed by atoms with Crippen LogP contribution in [0, 0.1) is 5.82 Å². The molecule has 0 saturated carbocycles. The number of ether oxygens (including phenoxy) is 1. The number of nitrogens with one attached hydrogen (secondary N) is 1. The average Bonchev–Trinajstić information content (AvgIpc) is 3.39. The van der Waals surface area contributed by atoms with Crippen LogP contribution < -0.4 is 10.1 Å². The molecule has 7 heteroatoms. The fourth-order valence-corrected chi connectivity index (χ4v) is 4.41. The summed E-state index contributed by atoms with van der Waals surface area (Å²) in [7, 11) is 0. The van der Waals surface area contributed by atoms with E-state index >= 15 is 0 Å². The molecule has 0 saturated heterocycles. The number of amides is 1. The summed E-state index contributed by atoms with van der Waals surface area (Å²) < 4.78 is 21.3. The first-order valence-electron chi connectivity index (χ1n) is 11.5. The van der Waals surface area contributed by atoms with Gasteiger partial charge in [0.15, 0.2) is 12.4 Å². The molecule has 1 amide bonds. The fraction of sp³-hybridized carbons (Fsp3) is 0.179. The monoisotopic (exact) mass is 469 g/mol. The summed E-state index contributed by atoms with van der Waals surface area (Å²) in [5.74, 6) is -1.17. The zero-order valence-electron chi connectivity index (χ0n) is 19.0. The lowest BCUT2D eigenvalue weighted by Gasteiger charge is -2.26. The van der Waals surface area contributed by atoms with Crippen molar-refractivity contribution >= 4 is 11.7 Å². The highest BCUT2D eigenvalue weighted by Crippen LogP contribution is 2.29. The van der Waals surface area contributed by atoms with Gasteiger partial charge in [-0.15, -0.1) is 0 Å². The summed E-state index contributed by atoms with van der Waals surface area (Å²) in [6.07, 6.45) is 5.86. The van der Waals surface area contributed by atoms with Crippen molar-refractivity contribution in [3.05, 3.63) is 113 Å². The summed E-state index contributed by atoms with van der Waals surface area (Å²) in [4.78, 5) is 25.8. The molecule has 3 aromatic carbocycles. The number of rotatable bonds is 7. The van der Waals surface area contributed by atoms with Crippen LogP contribution in [0.3, 0.4) is 0 Å². The minimum atomic E-state index is -0.570. The van der Waals surface area contributed by atoms with E-state index in [2.05, 4.69) is 16.5 Å². The Hall–Kier alpha value is -4.26. The lowest BCUT2D eigenvalue weighted by Crippen LogP contribution is -2.34. The number of fused-ring (bicyclic) bond motifs is 1. The number of ketones is 1. The van der Waals surface area contributed by atoms with Gasteiger partial charge in [0.05, 0.1) is 29.1 Å². The number of halogens is 1. The molecule has 6 nitrogen and oxygen atoms in total. The van der Waals surface area contributed by atoms with Gasteiger partial charge in [0.2, 0.25) is 0 Å². The molecule has 0 bridgehead atoms. The molecule has 5 rings (SSSR count). The number of hydrogen-bond donors (Lipinski definition) is 1. The highest BCUT2D eigenvalue weighted by Gasteiger charge is 2.23. The van der Waals surface area contributed by atoms with E-state index in [0.717, 1.165) is 36.6 Å². The van der Waals surface area contributed by atoms with Crippen LogP contribution in [0.2, 0.25) is 0 Å². The number of aromatic nitrogens is 2. The van der Waals surface area contributed by atoms with E-state index in [1.807, 2.05) is 48.5 Å². The lowest BCUT2D eigenvalue weighted by atomic mass is 9.88. The molecule has 1 aliphatic rings. The fourth-order valence-electron chi connectivity index (χ4n) is 4.41. The Labute approximate surface area is 202 Å². The largest absolute Gasteiger partial charge is 0.483 e. The Morgan fingerprint density at radius 2 is 1.86 bits per heavy atom. The predicted molar refractivity (Wildman–Crippen MR) is 129 cm³/mol. The zero-order valence-corrected chi connectivity index (χ0v) is 19.0. The Kier molecular flexibility index (Phi) is 6.39. The minimum absolute atomic E-state index is 0.0356. The van der Waals surface area contributed by atoms with Crippen molar-refractivity contribution in [3.8, 4) is 11.4 Å². The van der Waals surface area contributed by atoms with Crippen molar-refractivity contribution in [2.24, 2.45) is 0 Å². The van der Waals surface area contributed by atoms with E-state index in [-0.39, 0.29) is 35.4 Å². The third-order valence-corrected chi connectivity index (χ3v) is 6.12. The van der Waals surface area contributed by atoms with E-state index in [9.17, 15) is 14.0 Å². The molecule has 1 heterocycles. The van der Waals surface area contributed by atoms with E-state index in [1.165, 1.54) is 23.9 Å². The van der Waals surface area contributed by atoms with Crippen molar-refractivity contribution in [2.45, 2.75) is 25.3 Å². The number of benzene rings is 3. The second kappa shape index (κ2) is 9.93. The number of para-hydroxylation sites is 1. The third kappa shape index (κ3) is 4.99. The van der Waals surface area contributed by atoms with Crippen molar-refractivity contribution < 1.29 is 18.7 Å². The summed E-state index contributed by atoms with van der Waals surface area (Å²) in [5.41, 5.74) is 3.48. The lowest BCUT2D eigenvalue weighted by molar-refractivity contribution is -0.124. The topological polar surface area (TPSA) is 73.2 Å². The van der Waals surface area contributed by atoms with Crippen molar-refractivity contribution in [3.63, 3.8) is 0 Å². The quantitative estimate of drug-likeness (QED) is 0.394. The molecular formula is C28H24FN3O3. The highest BCUT2D eigenvalue weighted by atomic mass is 19.1. The Balaban J connectivity index is 1.29. The molecule has 1 aliphatic carbocycles. The van der Waals surface area contributed by atoms with E-state index in [1.54, 1.807) is 10.9 Å². The van der Waals surface area contributed by atoms with Gasteiger partial charge in [0, 0.05) is 6.20 Å². The van der Waals surface area contributed by atoms with Gasteiger partial charge in [0.1, 0.15) is 11.6 Å². The summed E-state index contributed by atoms with van der Waals surface area (Å²) in [6.45, 7) is -0.284.